The molecule has 1 fully saturated rings. The molecule has 0 radical (unpaired) electrons. The van der Waals surface area contributed by atoms with E-state index >= 15 is 0 Å². The summed E-state index contributed by atoms with van der Waals surface area (Å²) in [5.41, 5.74) is 4.08. The minimum absolute atomic E-state index is 0.212. The number of aromatic amines is 1. The van der Waals surface area contributed by atoms with Crippen LogP contribution in [0.15, 0.2) is 39.8 Å². The fraction of sp³-hybridized carbons (Fsp3) is 0.400. The van der Waals surface area contributed by atoms with Crippen molar-refractivity contribution in [3.63, 3.8) is 0 Å². The van der Waals surface area contributed by atoms with Gasteiger partial charge in [-0.3, -0.25) is 0 Å². The SMILES string of the molecule is CCc1nnc(-c2cc(S(=O)(=O)N3CCN(c4cc(C)ccc4C)CC3)c[nH]2)o1. The minimum Gasteiger partial charge on any atom is -0.419 e. The predicted molar refractivity (Wildman–Crippen MR) is 110 cm³/mol. The first-order valence-corrected chi connectivity index (χ1v) is 11.2. The first kappa shape index (κ1) is 19.7. The van der Waals surface area contributed by atoms with Crippen molar-refractivity contribution >= 4 is 15.7 Å². The molecule has 3 heterocycles. The standard InChI is InChI=1S/C20H25N5O3S/c1-4-19-22-23-20(28-19)17-12-16(13-21-17)29(26,27)25-9-7-24(8-10-25)18-11-14(2)5-6-15(18)3/h5-6,11-13,21H,4,7-10H2,1-3H3. The van der Waals surface area contributed by atoms with Crippen molar-refractivity contribution in [3.8, 4) is 11.6 Å². The molecule has 0 spiro atoms. The molecular weight excluding hydrogens is 390 g/mol. The second-order valence-corrected chi connectivity index (χ2v) is 9.22. The van der Waals surface area contributed by atoms with E-state index in [1.807, 2.05) is 6.92 Å². The lowest BCUT2D eigenvalue weighted by atomic mass is 10.1. The van der Waals surface area contributed by atoms with Gasteiger partial charge in [-0.05, 0) is 37.1 Å². The highest BCUT2D eigenvalue weighted by Crippen LogP contribution is 2.26. The maximum atomic E-state index is 13.1. The number of rotatable bonds is 5. The zero-order valence-electron chi connectivity index (χ0n) is 16.8. The van der Waals surface area contributed by atoms with E-state index in [1.54, 1.807) is 6.07 Å². The van der Waals surface area contributed by atoms with Gasteiger partial charge in [0.15, 0.2) is 0 Å². The second kappa shape index (κ2) is 7.64. The molecule has 4 rings (SSSR count). The Balaban J connectivity index is 1.48. The van der Waals surface area contributed by atoms with E-state index < -0.39 is 10.0 Å². The molecule has 2 aromatic heterocycles. The van der Waals surface area contributed by atoms with Gasteiger partial charge >= 0.3 is 0 Å². The van der Waals surface area contributed by atoms with Crippen LogP contribution in [0.4, 0.5) is 5.69 Å². The Labute approximate surface area is 170 Å². The van der Waals surface area contributed by atoms with E-state index in [9.17, 15) is 8.42 Å². The number of H-pyrrole nitrogens is 1. The maximum absolute atomic E-state index is 13.1. The molecule has 154 valence electrons. The molecule has 0 saturated carbocycles. The van der Waals surface area contributed by atoms with Crippen molar-refractivity contribution in [3.05, 3.63) is 47.5 Å². The molecule has 1 aliphatic rings. The minimum atomic E-state index is -3.59. The van der Waals surface area contributed by atoms with Gasteiger partial charge in [-0.15, -0.1) is 10.2 Å². The number of nitrogens with one attached hydrogen (secondary N) is 1. The molecule has 8 nitrogen and oxygen atoms in total. The lowest BCUT2D eigenvalue weighted by Crippen LogP contribution is -2.48. The van der Waals surface area contributed by atoms with Crippen LogP contribution in [-0.2, 0) is 16.4 Å². The number of aromatic nitrogens is 3. The number of piperazine rings is 1. The molecule has 29 heavy (non-hydrogen) atoms. The molecule has 0 bridgehead atoms. The molecule has 1 aliphatic heterocycles. The average Bonchev–Trinajstić information content (AvgIpc) is 3.39. The van der Waals surface area contributed by atoms with Crippen LogP contribution in [0.2, 0.25) is 0 Å². The van der Waals surface area contributed by atoms with Crippen LogP contribution < -0.4 is 4.90 Å². The van der Waals surface area contributed by atoms with Crippen LogP contribution in [0.25, 0.3) is 11.6 Å². The molecule has 3 aromatic rings. The van der Waals surface area contributed by atoms with E-state index in [0.717, 1.165) is 0 Å². The van der Waals surface area contributed by atoms with Gasteiger partial charge in [0, 0.05) is 44.5 Å². The highest BCUT2D eigenvalue weighted by molar-refractivity contribution is 7.89. The Kier molecular flexibility index (Phi) is 5.18. The summed E-state index contributed by atoms with van der Waals surface area (Å²) in [4.78, 5) is 5.40. The van der Waals surface area contributed by atoms with Crippen molar-refractivity contribution in [1.29, 1.82) is 0 Å². The number of aryl methyl sites for hydroxylation is 3. The highest BCUT2D eigenvalue weighted by atomic mass is 32.2. The van der Waals surface area contributed by atoms with Crippen LogP contribution in [0.5, 0.6) is 0 Å². The van der Waals surface area contributed by atoms with Gasteiger partial charge in [0.25, 0.3) is 5.89 Å². The van der Waals surface area contributed by atoms with E-state index in [2.05, 4.69) is 52.1 Å². The molecule has 9 heteroatoms. The van der Waals surface area contributed by atoms with Crippen LogP contribution in [-0.4, -0.2) is 54.1 Å². The molecule has 0 unspecified atom stereocenters. The Hall–Kier alpha value is -2.65. The lowest BCUT2D eigenvalue weighted by molar-refractivity contribution is 0.385. The third-order valence-corrected chi connectivity index (χ3v) is 7.11. The predicted octanol–water partition coefficient (Wildman–Crippen LogP) is 2.75. The molecule has 0 amide bonds. The number of nitrogens with zero attached hydrogens (tertiary/aromatic N) is 4. The summed E-state index contributed by atoms with van der Waals surface area (Å²) in [5.74, 6) is 0.810. The van der Waals surface area contributed by atoms with Gasteiger partial charge in [0.1, 0.15) is 10.6 Å². The Bertz CT molecular complexity index is 1110. The number of anilines is 1. The summed E-state index contributed by atoms with van der Waals surface area (Å²) in [5, 5.41) is 7.88. The van der Waals surface area contributed by atoms with Crippen molar-refractivity contribution in [2.45, 2.75) is 32.1 Å². The molecule has 1 saturated heterocycles. The summed E-state index contributed by atoms with van der Waals surface area (Å²) in [6.07, 6.45) is 2.11. The van der Waals surface area contributed by atoms with Crippen LogP contribution in [0.3, 0.4) is 0 Å². The Morgan fingerprint density at radius 2 is 1.86 bits per heavy atom. The van der Waals surface area contributed by atoms with Crippen molar-refractivity contribution in [2.24, 2.45) is 0 Å². The second-order valence-electron chi connectivity index (χ2n) is 7.28. The topological polar surface area (TPSA) is 95.3 Å². The first-order chi connectivity index (χ1) is 13.9. The summed E-state index contributed by atoms with van der Waals surface area (Å²) in [6.45, 7) is 8.27. The van der Waals surface area contributed by atoms with Gasteiger partial charge in [0.2, 0.25) is 15.9 Å². The lowest BCUT2D eigenvalue weighted by Gasteiger charge is -2.36. The van der Waals surface area contributed by atoms with E-state index in [1.165, 1.54) is 27.3 Å². The fourth-order valence-corrected chi connectivity index (χ4v) is 4.95. The largest absolute Gasteiger partial charge is 0.419 e. The van der Waals surface area contributed by atoms with Crippen molar-refractivity contribution in [1.82, 2.24) is 19.5 Å². The fourth-order valence-electron chi connectivity index (χ4n) is 3.53. The quantitative estimate of drug-likeness (QED) is 0.688. The van der Waals surface area contributed by atoms with Gasteiger partial charge < -0.3 is 14.3 Å². The van der Waals surface area contributed by atoms with Gasteiger partial charge in [-0.25, -0.2) is 8.42 Å². The number of hydrogen-bond acceptors (Lipinski definition) is 6. The number of sulfonamides is 1. The number of benzene rings is 1. The summed E-state index contributed by atoms with van der Waals surface area (Å²) >= 11 is 0. The average molecular weight is 416 g/mol. The molecule has 1 N–H and O–H groups in total. The van der Waals surface area contributed by atoms with E-state index in [4.69, 9.17) is 4.42 Å². The number of hydrogen-bond donors (Lipinski definition) is 1. The van der Waals surface area contributed by atoms with E-state index in [0.29, 0.717) is 50.1 Å². The highest BCUT2D eigenvalue weighted by Gasteiger charge is 2.30. The molecule has 1 aromatic carbocycles. The van der Waals surface area contributed by atoms with Gasteiger partial charge in [0.05, 0.1) is 0 Å². The third kappa shape index (κ3) is 3.79. The van der Waals surface area contributed by atoms with E-state index in [-0.39, 0.29) is 4.90 Å². The summed E-state index contributed by atoms with van der Waals surface area (Å²) in [7, 11) is -3.59. The Morgan fingerprint density at radius 3 is 2.55 bits per heavy atom. The van der Waals surface area contributed by atoms with Crippen molar-refractivity contribution < 1.29 is 12.8 Å². The summed E-state index contributed by atoms with van der Waals surface area (Å²) in [6, 6.07) is 7.92. The summed E-state index contributed by atoms with van der Waals surface area (Å²) < 4.78 is 33.2. The van der Waals surface area contributed by atoms with Crippen molar-refractivity contribution in [2.75, 3.05) is 31.1 Å². The van der Waals surface area contributed by atoms with Gasteiger partial charge in [-0.2, -0.15) is 4.31 Å². The first-order valence-electron chi connectivity index (χ1n) is 9.72. The van der Waals surface area contributed by atoms with Gasteiger partial charge in [-0.1, -0.05) is 19.1 Å². The van der Waals surface area contributed by atoms with Crippen LogP contribution in [0.1, 0.15) is 23.9 Å². The van der Waals surface area contributed by atoms with Crippen LogP contribution in [0, 0.1) is 13.8 Å². The van der Waals surface area contributed by atoms with Crippen LogP contribution >= 0.6 is 0 Å². The maximum Gasteiger partial charge on any atom is 0.264 e. The smallest absolute Gasteiger partial charge is 0.264 e. The Morgan fingerprint density at radius 1 is 1.10 bits per heavy atom. The zero-order chi connectivity index (χ0) is 20.6. The molecule has 0 aliphatic carbocycles. The molecule has 0 atom stereocenters. The monoisotopic (exact) mass is 415 g/mol. The molecular formula is C20H25N5O3S. The normalized spacial score (nSPS) is 15.8. The third-order valence-electron chi connectivity index (χ3n) is 5.24. The zero-order valence-corrected chi connectivity index (χ0v) is 17.7.